The predicted octanol–water partition coefficient (Wildman–Crippen LogP) is 5.54. The van der Waals surface area contributed by atoms with E-state index in [1.54, 1.807) is 24.7 Å². The molecule has 170 valence electrons. The number of carbonyl (C=O) groups is 1. The minimum atomic E-state index is -1.65. The molecule has 0 aliphatic heterocycles. The third kappa shape index (κ3) is 4.60. The Bertz CT molecular complexity index is 1300. The lowest BCUT2D eigenvalue weighted by molar-refractivity contribution is -0.115. The van der Waals surface area contributed by atoms with Gasteiger partial charge in [0.25, 0.3) is 0 Å². The molecule has 6 nitrogen and oxygen atoms in total. The molecule has 2 heterocycles. The van der Waals surface area contributed by atoms with Gasteiger partial charge in [-0.25, -0.2) is 13.2 Å². The van der Waals surface area contributed by atoms with Crippen molar-refractivity contribution in [2.45, 2.75) is 17.3 Å². The Morgan fingerprint density at radius 2 is 1.88 bits per heavy atom. The summed E-state index contributed by atoms with van der Waals surface area (Å²) < 4.78 is 47.9. The summed E-state index contributed by atoms with van der Waals surface area (Å²) in [5.41, 5.74) is 0.229. The SMILES string of the molecule is COc1ccccc1-n1c(S[C@@H](C)C(=O)Nc2ccc(F)c(F)c2F)nnc1-c1cccs1. The highest BCUT2D eigenvalue weighted by atomic mass is 32.2. The third-order valence-electron chi connectivity index (χ3n) is 4.65. The minimum Gasteiger partial charge on any atom is -0.495 e. The molecule has 0 unspecified atom stereocenters. The maximum Gasteiger partial charge on any atom is 0.237 e. The van der Waals surface area contributed by atoms with Crippen LogP contribution >= 0.6 is 23.1 Å². The van der Waals surface area contributed by atoms with Crippen LogP contribution in [-0.2, 0) is 4.79 Å². The summed E-state index contributed by atoms with van der Waals surface area (Å²) in [6.45, 7) is 1.59. The number of hydrogen-bond acceptors (Lipinski definition) is 6. The second-order valence-electron chi connectivity index (χ2n) is 6.76. The molecule has 1 atom stereocenters. The van der Waals surface area contributed by atoms with Gasteiger partial charge in [0.05, 0.1) is 28.6 Å². The minimum absolute atomic E-state index is 0.399. The number of anilines is 1. The molecule has 33 heavy (non-hydrogen) atoms. The van der Waals surface area contributed by atoms with Crippen molar-refractivity contribution in [3.8, 4) is 22.1 Å². The Hall–Kier alpha value is -3.31. The topological polar surface area (TPSA) is 69.0 Å². The number of benzene rings is 2. The van der Waals surface area contributed by atoms with Gasteiger partial charge in [-0.2, -0.15) is 0 Å². The standard InChI is InChI=1S/C22H17F3N4O2S2/c1-12(21(30)26-14-10-9-13(23)18(24)19(14)25)33-22-28-27-20(17-8-5-11-32-17)29(22)15-6-3-4-7-16(15)31-2/h3-12H,1-2H3,(H,26,30)/t12-/m0/s1. The number of halogens is 3. The van der Waals surface area contributed by atoms with Crippen LogP contribution in [0.3, 0.4) is 0 Å². The van der Waals surface area contributed by atoms with Gasteiger partial charge in [0.1, 0.15) is 5.75 Å². The fourth-order valence-electron chi connectivity index (χ4n) is 3.01. The van der Waals surface area contributed by atoms with E-state index < -0.39 is 34.3 Å². The highest BCUT2D eigenvalue weighted by Gasteiger charge is 2.25. The van der Waals surface area contributed by atoms with Crippen LogP contribution in [0, 0.1) is 17.5 Å². The van der Waals surface area contributed by atoms with E-state index >= 15 is 0 Å². The van der Waals surface area contributed by atoms with Crippen molar-refractivity contribution in [3.05, 3.63) is 71.4 Å². The highest BCUT2D eigenvalue weighted by Crippen LogP contribution is 2.35. The number of hydrogen-bond donors (Lipinski definition) is 1. The maximum atomic E-state index is 14.0. The maximum absolute atomic E-state index is 14.0. The van der Waals surface area contributed by atoms with Gasteiger partial charge in [0, 0.05) is 0 Å². The molecular weight excluding hydrogens is 473 g/mol. The van der Waals surface area contributed by atoms with Gasteiger partial charge in [-0.1, -0.05) is 30.0 Å². The van der Waals surface area contributed by atoms with Gasteiger partial charge in [0.2, 0.25) is 5.91 Å². The van der Waals surface area contributed by atoms with Crippen LogP contribution in [0.25, 0.3) is 16.4 Å². The van der Waals surface area contributed by atoms with Gasteiger partial charge in [0.15, 0.2) is 28.4 Å². The first-order valence-electron chi connectivity index (χ1n) is 9.64. The summed E-state index contributed by atoms with van der Waals surface area (Å²) in [5.74, 6) is -3.91. The van der Waals surface area contributed by atoms with Crippen LogP contribution in [0.4, 0.5) is 18.9 Å². The third-order valence-corrected chi connectivity index (χ3v) is 6.55. The van der Waals surface area contributed by atoms with E-state index in [1.165, 1.54) is 11.3 Å². The molecule has 0 aliphatic rings. The predicted molar refractivity (Wildman–Crippen MR) is 121 cm³/mol. The first-order chi connectivity index (χ1) is 15.9. The van der Waals surface area contributed by atoms with Crippen LogP contribution < -0.4 is 10.1 Å². The normalized spacial score (nSPS) is 11.9. The molecular formula is C22H17F3N4O2S2. The number of amides is 1. The highest BCUT2D eigenvalue weighted by molar-refractivity contribution is 8.00. The zero-order valence-electron chi connectivity index (χ0n) is 17.4. The summed E-state index contributed by atoms with van der Waals surface area (Å²) >= 11 is 2.56. The lowest BCUT2D eigenvalue weighted by Crippen LogP contribution is -2.23. The number of para-hydroxylation sites is 2. The number of aromatic nitrogens is 3. The van der Waals surface area contributed by atoms with Gasteiger partial charge in [-0.3, -0.25) is 9.36 Å². The van der Waals surface area contributed by atoms with Crippen molar-refractivity contribution in [1.82, 2.24) is 14.8 Å². The van der Waals surface area contributed by atoms with E-state index in [9.17, 15) is 18.0 Å². The second-order valence-corrected chi connectivity index (χ2v) is 9.02. The second kappa shape index (κ2) is 9.67. The van der Waals surface area contributed by atoms with Gasteiger partial charge in [-0.15, -0.1) is 21.5 Å². The monoisotopic (exact) mass is 490 g/mol. The Morgan fingerprint density at radius 3 is 2.61 bits per heavy atom. The first kappa shape index (κ1) is 22.9. The van der Waals surface area contributed by atoms with Gasteiger partial charge in [-0.05, 0) is 42.6 Å². The van der Waals surface area contributed by atoms with Crippen LogP contribution in [-0.4, -0.2) is 33.0 Å². The van der Waals surface area contributed by atoms with E-state index in [4.69, 9.17) is 4.74 Å². The molecule has 0 radical (unpaired) electrons. The Kier molecular flexibility index (Phi) is 6.70. The zero-order valence-corrected chi connectivity index (χ0v) is 19.0. The van der Waals surface area contributed by atoms with Crippen molar-refractivity contribution < 1.29 is 22.7 Å². The quantitative estimate of drug-likeness (QED) is 0.272. The average molecular weight is 491 g/mol. The Labute approximate surface area is 195 Å². The summed E-state index contributed by atoms with van der Waals surface area (Å²) in [6, 6.07) is 12.8. The number of thioether (sulfide) groups is 1. The summed E-state index contributed by atoms with van der Waals surface area (Å²) in [6.07, 6.45) is 0. The molecule has 11 heteroatoms. The van der Waals surface area contributed by atoms with E-state index in [-0.39, 0.29) is 0 Å². The fourth-order valence-corrected chi connectivity index (χ4v) is 4.57. The van der Waals surface area contributed by atoms with Crippen LogP contribution in [0.1, 0.15) is 6.92 Å². The number of carbonyl (C=O) groups excluding carboxylic acids is 1. The van der Waals surface area contributed by atoms with Crippen molar-refractivity contribution in [1.29, 1.82) is 0 Å². The summed E-state index contributed by atoms with van der Waals surface area (Å²) in [5, 5.41) is 12.4. The van der Waals surface area contributed by atoms with E-state index in [0.717, 1.165) is 28.8 Å². The lowest BCUT2D eigenvalue weighted by atomic mass is 10.2. The number of thiophene rings is 1. The van der Waals surface area contributed by atoms with E-state index in [1.807, 2.05) is 35.7 Å². The number of nitrogens with one attached hydrogen (secondary N) is 1. The van der Waals surface area contributed by atoms with Gasteiger partial charge < -0.3 is 10.1 Å². The first-order valence-corrected chi connectivity index (χ1v) is 11.4. The van der Waals surface area contributed by atoms with Crippen LogP contribution in [0.5, 0.6) is 5.75 Å². The molecule has 2 aromatic heterocycles. The molecule has 0 bridgehead atoms. The van der Waals surface area contributed by atoms with Gasteiger partial charge >= 0.3 is 0 Å². The molecule has 0 spiro atoms. The summed E-state index contributed by atoms with van der Waals surface area (Å²) in [7, 11) is 1.55. The molecule has 0 fully saturated rings. The molecule has 0 saturated heterocycles. The van der Waals surface area contributed by atoms with E-state index in [0.29, 0.717) is 22.4 Å². The van der Waals surface area contributed by atoms with Crippen LogP contribution in [0.2, 0.25) is 0 Å². The summed E-state index contributed by atoms with van der Waals surface area (Å²) in [4.78, 5) is 13.5. The lowest BCUT2D eigenvalue weighted by Gasteiger charge is -2.15. The van der Waals surface area contributed by atoms with Crippen molar-refractivity contribution in [2.75, 3.05) is 12.4 Å². The molecule has 4 aromatic rings. The molecule has 0 aliphatic carbocycles. The molecule has 1 N–H and O–H groups in total. The Balaban J connectivity index is 1.66. The van der Waals surface area contributed by atoms with E-state index in [2.05, 4.69) is 15.5 Å². The van der Waals surface area contributed by atoms with Crippen LogP contribution in [0.15, 0.2) is 59.1 Å². The number of methoxy groups -OCH3 is 1. The van der Waals surface area contributed by atoms with Crippen molar-refractivity contribution in [2.24, 2.45) is 0 Å². The molecule has 2 aromatic carbocycles. The number of ether oxygens (including phenoxy) is 1. The largest absolute Gasteiger partial charge is 0.495 e. The number of rotatable bonds is 7. The zero-order chi connectivity index (χ0) is 23.5. The van der Waals surface area contributed by atoms with Crippen molar-refractivity contribution >= 4 is 34.7 Å². The molecule has 1 amide bonds. The number of nitrogens with zero attached hydrogens (tertiary/aromatic N) is 3. The average Bonchev–Trinajstić information content (AvgIpc) is 3.49. The Morgan fingerprint density at radius 1 is 1.09 bits per heavy atom. The smallest absolute Gasteiger partial charge is 0.237 e. The fraction of sp³-hybridized carbons (Fsp3) is 0.136. The van der Waals surface area contributed by atoms with Crippen molar-refractivity contribution in [3.63, 3.8) is 0 Å². The molecule has 0 saturated carbocycles. The molecule has 4 rings (SSSR count).